The summed E-state index contributed by atoms with van der Waals surface area (Å²) < 4.78 is 0. The fraction of sp³-hybridized carbons (Fsp3) is 1.00. The summed E-state index contributed by atoms with van der Waals surface area (Å²) >= 11 is 0. The van der Waals surface area contributed by atoms with Gasteiger partial charge in [0.25, 0.3) is 0 Å². The fourth-order valence-corrected chi connectivity index (χ4v) is 3.62. The van der Waals surface area contributed by atoms with Crippen LogP contribution in [0.2, 0.25) is 0 Å². The Kier molecular flexibility index (Phi) is 3.09. The number of hydrogen-bond donors (Lipinski definition) is 0. The topological polar surface area (TPSA) is 0 Å². The van der Waals surface area contributed by atoms with Gasteiger partial charge in [-0.25, -0.2) is 0 Å². The first-order valence-electron chi connectivity index (χ1n) is 5.95. The maximum Gasteiger partial charge on any atom is -0.0246 e. The Bertz CT molecular complexity index is 171. The molecule has 0 saturated heterocycles. The summed E-state index contributed by atoms with van der Waals surface area (Å²) in [7, 11) is 0. The first kappa shape index (κ1) is 11.1. The summed E-state index contributed by atoms with van der Waals surface area (Å²) in [6, 6.07) is 0. The molecule has 0 amide bonds. The van der Waals surface area contributed by atoms with Gasteiger partial charge in [-0.3, -0.25) is 0 Å². The Balaban J connectivity index is 2.89. The fourth-order valence-electron chi connectivity index (χ4n) is 3.62. The van der Waals surface area contributed by atoms with E-state index in [1.165, 1.54) is 12.8 Å². The van der Waals surface area contributed by atoms with Crippen molar-refractivity contribution in [3.8, 4) is 0 Å². The van der Waals surface area contributed by atoms with Crippen LogP contribution < -0.4 is 0 Å². The van der Waals surface area contributed by atoms with E-state index >= 15 is 0 Å². The first-order valence-corrected chi connectivity index (χ1v) is 5.95. The zero-order chi connectivity index (χ0) is 10.2. The molecule has 0 radical (unpaired) electrons. The molecule has 0 aromatic carbocycles. The Labute approximate surface area is 84.1 Å². The highest BCUT2D eigenvalue weighted by atomic mass is 14.5. The van der Waals surface area contributed by atoms with Gasteiger partial charge in [0, 0.05) is 0 Å². The second-order valence-corrected chi connectivity index (χ2v) is 5.57. The van der Waals surface area contributed by atoms with Crippen LogP contribution in [-0.2, 0) is 0 Å². The number of hydrogen-bond acceptors (Lipinski definition) is 0. The highest BCUT2D eigenvalue weighted by Gasteiger charge is 2.47. The van der Waals surface area contributed by atoms with Gasteiger partial charge in [0.2, 0.25) is 0 Å². The van der Waals surface area contributed by atoms with Gasteiger partial charge < -0.3 is 0 Å². The molecule has 0 spiro atoms. The van der Waals surface area contributed by atoms with Crippen molar-refractivity contribution in [2.75, 3.05) is 0 Å². The van der Waals surface area contributed by atoms with Gasteiger partial charge in [0.1, 0.15) is 0 Å². The zero-order valence-corrected chi connectivity index (χ0v) is 10.2. The van der Waals surface area contributed by atoms with Crippen LogP contribution in [-0.4, -0.2) is 0 Å². The maximum absolute atomic E-state index is 2.47. The van der Waals surface area contributed by atoms with Crippen molar-refractivity contribution in [2.24, 2.45) is 29.1 Å². The molecule has 1 saturated carbocycles. The Morgan fingerprint density at radius 2 is 1.77 bits per heavy atom. The van der Waals surface area contributed by atoms with Crippen LogP contribution in [0.3, 0.4) is 0 Å². The molecule has 1 aliphatic carbocycles. The van der Waals surface area contributed by atoms with Gasteiger partial charge >= 0.3 is 0 Å². The van der Waals surface area contributed by atoms with Gasteiger partial charge in [-0.05, 0) is 41.9 Å². The van der Waals surface area contributed by atoms with Crippen molar-refractivity contribution in [2.45, 2.75) is 54.4 Å². The average Bonchev–Trinajstić information content (AvgIpc) is 2.30. The van der Waals surface area contributed by atoms with Gasteiger partial charge in [0.15, 0.2) is 0 Å². The van der Waals surface area contributed by atoms with Gasteiger partial charge in [-0.2, -0.15) is 0 Å². The molecule has 0 heteroatoms. The summed E-state index contributed by atoms with van der Waals surface area (Å²) in [6.45, 7) is 14.5. The second kappa shape index (κ2) is 3.63. The molecule has 1 aliphatic rings. The Morgan fingerprint density at radius 1 is 1.23 bits per heavy atom. The number of rotatable bonds is 2. The van der Waals surface area contributed by atoms with E-state index in [0.717, 1.165) is 23.7 Å². The Hall–Kier alpha value is 0. The highest BCUT2D eigenvalue weighted by molar-refractivity contribution is 4.96. The molecule has 0 nitrogen and oxygen atoms in total. The van der Waals surface area contributed by atoms with E-state index in [2.05, 4.69) is 41.5 Å². The van der Waals surface area contributed by atoms with E-state index in [-0.39, 0.29) is 0 Å². The predicted molar refractivity (Wildman–Crippen MR) is 59.7 cm³/mol. The first-order chi connectivity index (χ1) is 5.95. The molecule has 0 aromatic rings. The molecule has 4 atom stereocenters. The highest BCUT2D eigenvalue weighted by Crippen LogP contribution is 2.55. The van der Waals surface area contributed by atoms with E-state index in [4.69, 9.17) is 0 Å². The summed E-state index contributed by atoms with van der Waals surface area (Å²) in [4.78, 5) is 0. The Morgan fingerprint density at radius 3 is 1.92 bits per heavy atom. The van der Waals surface area contributed by atoms with Crippen LogP contribution in [0.15, 0.2) is 0 Å². The molecular formula is C13H26. The third kappa shape index (κ3) is 1.53. The minimum absolute atomic E-state index is 0.638. The van der Waals surface area contributed by atoms with Crippen molar-refractivity contribution < 1.29 is 0 Å². The van der Waals surface area contributed by atoms with Gasteiger partial charge in [-0.15, -0.1) is 0 Å². The summed E-state index contributed by atoms with van der Waals surface area (Å²) in [6.07, 6.45) is 2.81. The molecule has 13 heavy (non-hydrogen) atoms. The molecule has 1 rings (SSSR count). The molecular weight excluding hydrogens is 156 g/mol. The zero-order valence-electron chi connectivity index (χ0n) is 10.2. The summed E-state index contributed by atoms with van der Waals surface area (Å²) in [5, 5.41) is 0. The van der Waals surface area contributed by atoms with Crippen molar-refractivity contribution in [1.29, 1.82) is 0 Å². The molecule has 78 valence electrons. The largest absolute Gasteiger partial charge is 0.0648 e. The quantitative estimate of drug-likeness (QED) is 0.595. The SMILES string of the molecule is CCC1(C(C)C)CC(C)C(C)C1C. The van der Waals surface area contributed by atoms with Crippen LogP contribution in [0.5, 0.6) is 0 Å². The van der Waals surface area contributed by atoms with E-state index in [0.29, 0.717) is 5.41 Å². The lowest BCUT2D eigenvalue weighted by molar-refractivity contribution is 0.111. The normalized spacial score (nSPS) is 45.9. The summed E-state index contributed by atoms with van der Waals surface area (Å²) in [5.74, 6) is 3.60. The standard InChI is InChI=1S/C13H26/c1-7-13(9(2)3)8-10(4)11(5)12(13)6/h9-12H,7-8H2,1-6H3. The molecule has 0 heterocycles. The van der Waals surface area contributed by atoms with E-state index in [9.17, 15) is 0 Å². The third-order valence-electron chi connectivity index (χ3n) is 5.10. The molecule has 0 bridgehead atoms. The lowest BCUT2D eigenvalue weighted by Gasteiger charge is -2.38. The molecule has 1 fully saturated rings. The van der Waals surface area contributed by atoms with Crippen LogP contribution >= 0.6 is 0 Å². The van der Waals surface area contributed by atoms with Gasteiger partial charge in [0.05, 0.1) is 0 Å². The maximum atomic E-state index is 2.47. The summed E-state index contributed by atoms with van der Waals surface area (Å²) in [5.41, 5.74) is 0.638. The van der Waals surface area contributed by atoms with Crippen molar-refractivity contribution >= 4 is 0 Å². The van der Waals surface area contributed by atoms with Crippen LogP contribution in [0.25, 0.3) is 0 Å². The van der Waals surface area contributed by atoms with Crippen LogP contribution in [0.4, 0.5) is 0 Å². The van der Waals surface area contributed by atoms with Crippen LogP contribution in [0.1, 0.15) is 54.4 Å². The minimum atomic E-state index is 0.638. The lowest BCUT2D eigenvalue weighted by Crippen LogP contribution is -2.30. The molecule has 0 aromatic heterocycles. The predicted octanol–water partition coefficient (Wildman–Crippen LogP) is 4.35. The van der Waals surface area contributed by atoms with Crippen molar-refractivity contribution in [3.05, 3.63) is 0 Å². The van der Waals surface area contributed by atoms with E-state index in [1.807, 2.05) is 0 Å². The molecule has 0 aliphatic heterocycles. The molecule has 4 unspecified atom stereocenters. The monoisotopic (exact) mass is 182 g/mol. The lowest BCUT2D eigenvalue weighted by atomic mass is 9.67. The second-order valence-electron chi connectivity index (χ2n) is 5.57. The van der Waals surface area contributed by atoms with Gasteiger partial charge in [-0.1, -0.05) is 41.5 Å². The van der Waals surface area contributed by atoms with Crippen molar-refractivity contribution in [1.82, 2.24) is 0 Å². The average molecular weight is 182 g/mol. The molecule has 0 N–H and O–H groups in total. The third-order valence-corrected chi connectivity index (χ3v) is 5.10. The van der Waals surface area contributed by atoms with Crippen LogP contribution in [0, 0.1) is 29.1 Å². The smallest absolute Gasteiger partial charge is 0.0246 e. The van der Waals surface area contributed by atoms with E-state index in [1.54, 1.807) is 0 Å². The minimum Gasteiger partial charge on any atom is -0.0648 e. The van der Waals surface area contributed by atoms with Crippen molar-refractivity contribution in [3.63, 3.8) is 0 Å². The van der Waals surface area contributed by atoms with E-state index < -0.39 is 0 Å².